The molecule has 0 bridgehead atoms. The van der Waals surface area contributed by atoms with E-state index in [4.69, 9.17) is 0 Å². The standard InChI is InChI=1S/C8H8BrF3N2O/c1-2-3-14-6(5(9)4-13-14)7(15)8(10,11)12/h4H,2-3H2,1H3. The molecule has 0 amide bonds. The summed E-state index contributed by atoms with van der Waals surface area (Å²) in [6.45, 7) is 2.07. The highest BCUT2D eigenvalue weighted by Gasteiger charge is 2.42. The maximum atomic E-state index is 12.2. The van der Waals surface area contributed by atoms with E-state index in [0.717, 1.165) is 4.68 Å². The summed E-state index contributed by atoms with van der Waals surface area (Å²) in [4.78, 5) is 11.0. The fourth-order valence-corrected chi connectivity index (χ4v) is 1.58. The number of halogens is 4. The van der Waals surface area contributed by atoms with Crippen LogP contribution in [-0.4, -0.2) is 21.7 Å². The topological polar surface area (TPSA) is 34.9 Å². The summed E-state index contributed by atoms with van der Waals surface area (Å²) in [5.41, 5.74) is -0.440. The third kappa shape index (κ3) is 2.58. The van der Waals surface area contributed by atoms with Crippen molar-refractivity contribution in [2.45, 2.75) is 26.1 Å². The first-order chi connectivity index (χ1) is 6.88. The second kappa shape index (κ2) is 4.34. The third-order valence-corrected chi connectivity index (χ3v) is 2.28. The molecule has 7 heteroatoms. The lowest BCUT2D eigenvalue weighted by molar-refractivity contribution is -0.0891. The Morgan fingerprint density at radius 1 is 1.60 bits per heavy atom. The number of rotatable bonds is 3. The van der Waals surface area contributed by atoms with Crippen LogP contribution in [0.4, 0.5) is 13.2 Å². The van der Waals surface area contributed by atoms with E-state index in [1.54, 1.807) is 6.92 Å². The zero-order valence-electron chi connectivity index (χ0n) is 7.81. The fraction of sp³-hybridized carbons (Fsp3) is 0.500. The van der Waals surface area contributed by atoms with Gasteiger partial charge in [-0.2, -0.15) is 18.3 Å². The zero-order chi connectivity index (χ0) is 11.6. The number of carbonyl (C=O) groups excluding carboxylic acids is 1. The Hall–Kier alpha value is -0.850. The lowest BCUT2D eigenvalue weighted by Gasteiger charge is -2.08. The first kappa shape index (κ1) is 12.2. The van der Waals surface area contributed by atoms with Crippen LogP contribution >= 0.6 is 15.9 Å². The molecule has 1 aromatic rings. The molecule has 0 aliphatic heterocycles. The molecule has 0 spiro atoms. The molecule has 0 N–H and O–H groups in total. The molecule has 0 unspecified atom stereocenters. The van der Waals surface area contributed by atoms with Crippen LogP contribution in [0.3, 0.4) is 0 Å². The quantitative estimate of drug-likeness (QED) is 0.800. The van der Waals surface area contributed by atoms with Gasteiger partial charge in [-0.05, 0) is 22.4 Å². The van der Waals surface area contributed by atoms with E-state index in [9.17, 15) is 18.0 Å². The Bertz CT molecular complexity index is 372. The van der Waals surface area contributed by atoms with E-state index < -0.39 is 17.7 Å². The van der Waals surface area contributed by atoms with Gasteiger partial charge in [-0.3, -0.25) is 9.48 Å². The van der Waals surface area contributed by atoms with Gasteiger partial charge in [-0.15, -0.1) is 0 Å². The van der Waals surface area contributed by atoms with Gasteiger partial charge in [0.25, 0.3) is 5.78 Å². The summed E-state index contributed by atoms with van der Waals surface area (Å²) < 4.78 is 37.7. The predicted octanol–water partition coefficient (Wildman–Crippen LogP) is 2.80. The van der Waals surface area contributed by atoms with Crippen molar-refractivity contribution in [1.29, 1.82) is 0 Å². The predicted molar refractivity (Wildman–Crippen MR) is 50.6 cm³/mol. The zero-order valence-corrected chi connectivity index (χ0v) is 9.39. The molecule has 0 radical (unpaired) electrons. The van der Waals surface area contributed by atoms with Gasteiger partial charge in [0.05, 0.1) is 10.7 Å². The minimum Gasteiger partial charge on any atom is -0.282 e. The number of alkyl halides is 3. The molecule has 3 nitrogen and oxygen atoms in total. The summed E-state index contributed by atoms with van der Waals surface area (Å²) >= 11 is 2.88. The van der Waals surface area contributed by atoms with Crippen LogP contribution in [0, 0.1) is 0 Å². The number of hydrogen-bond donors (Lipinski definition) is 0. The smallest absolute Gasteiger partial charge is 0.282 e. The van der Waals surface area contributed by atoms with Gasteiger partial charge in [0, 0.05) is 6.54 Å². The van der Waals surface area contributed by atoms with Gasteiger partial charge < -0.3 is 0 Å². The van der Waals surface area contributed by atoms with Crippen molar-refractivity contribution in [3.8, 4) is 0 Å². The van der Waals surface area contributed by atoms with E-state index in [1.807, 2.05) is 0 Å². The number of hydrogen-bond acceptors (Lipinski definition) is 2. The highest BCUT2D eigenvalue weighted by Crippen LogP contribution is 2.26. The summed E-state index contributed by atoms with van der Waals surface area (Å²) in [6.07, 6.45) is -3.07. The summed E-state index contributed by atoms with van der Waals surface area (Å²) in [7, 11) is 0. The van der Waals surface area contributed by atoms with Crippen molar-refractivity contribution in [1.82, 2.24) is 9.78 Å². The van der Waals surface area contributed by atoms with E-state index in [-0.39, 0.29) is 11.0 Å². The summed E-state index contributed by atoms with van der Waals surface area (Å²) in [5.74, 6) is -1.87. The van der Waals surface area contributed by atoms with Crippen LogP contribution in [0.5, 0.6) is 0 Å². The Morgan fingerprint density at radius 3 is 2.67 bits per heavy atom. The summed E-state index contributed by atoms with van der Waals surface area (Å²) in [5, 5.41) is 3.69. The first-order valence-electron chi connectivity index (χ1n) is 4.20. The van der Waals surface area contributed by atoms with Crippen LogP contribution in [0.1, 0.15) is 23.8 Å². The van der Waals surface area contributed by atoms with E-state index in [2.05, 4.69) is 21.0 Å². The van der Waals surface area contributed by atoms with Gasteiger partial charge in [-0.1, -0.05) is 6.92 Å². The van der Waals surface area contributed by atoms with Crippen molar-refractivity contribution >= 4 is 21.7 Å². The SMILES string of the molecule is CCCn1ncc(Br)c1C(=O)C(F)(F)F. The normalized spacial score (nSPS) is 11.8. The average molecular weight is 285 g/mol. The molecular formula is C8H8BrF3N2O. The second-order valence-electron chi connectivity index (χ2n) is 2.89. The van der Waals surface area contributed by atoms with E-state index >= 15 is 0 Å². The molecular weight excluding hydrogens is 277 g/mol. The molecule has 0 saturated carbocycles. The molecule has 0 aromatic carbocycles. The Morgan fingerprint density at radius 2 is 2.20 bits per heavy atom. The van der Waals surface area contributed by atoms with Gasteiger partial charge >= 0.3 is 6.18 Å². The molecule has 1 heterocycles. The Balaban J connectivity index is 3.12. The van der Waals surface area contributed by atoms with Crippen LogP contribution in [0.25, 0.3) is 0 Å². The minimum absolute atomic E-state index is 0.0678. The lowest BCUT2D eigenvalue weighted by atomic mass is 10.2. The van der Waals surface area contributed by atoms with Gasteiger partial charge in [0.15, 0.2) is 0 Å². The number of aromatic nitrogens is 2. The number of Topliss-reactive ketones (excluding diaryl/α,β-unsaturated/α-hetero) is 1. The minimum atomic E-state index is -4.87. The molecule has 0 aliphatic carbocycles. The van der Waals surface area contributed by atoms with Crippen LogP contribution in [0.2, 0.25) is 0 Å². The molecule has 0 saturated heterocycles. The Kier molecular flexibility index (Phi) is 3.54. The monoisotopic (exact) mass is 284 g/mol. The number of carbonyl (C=O) groups is 1. The second-order valence-corrected chi connectivity index (χ2v) is 3.75. The molecule has 0 fully saturated rings. The number of aryl methyl sites for hydroxylation is 1. The lowest BCUT2D eigenvalue weighted by Crippen LogP contribution is -2.26. The van der Waals surface area contributed by atoms with Crippen molar-refractivity contribution in [3.63, 3.8) is 0 Å². The largest absolute Gasteiger partial charge is 0.456 e. The maximum absolute atomic E-state index is 12.2. The van der Waals surface area contributed by atoms with Crippen LogP contribution in [-0.2, 0) is 6.54 Å². The van der Waals surface area contributed by atoms with Crippen molar-refractivity contribution in [2.75, 3.05) is 0 Å². The van der Waals surface area contributed by atoms with Crippen LogP contribution in [0.15, 0.2) is 10.7 Å². The Labute approximate surface area is 92.4 Å². The number of nitrogens with zero attached hydrogens (tertiary/aromatic N) is 2. The fourth-order valence-electron chi connectivity index (χ4n) is 1.10. The third-order valence-electron chi connectivity index (χ3n) is 1.70. The van der Waals surface area contributed by atoms with Crippen molar-refractivity contribution in [2.24, 2.45) is 0 Å². The average Bonchev–Trinajstić information content (AvgIpc) is 2.45. The first-order valence-corrected chi connectivity index (χ1v) is 5.00. The highest BCUT2D eigenvalue weighted by atomic mass is 79.9. The number of ketones is 1. The molecule has 0 atom stereocenters. The maximum Gasteiger partial charge on any atom is 0.456 e. The van der Waals surface area contributed by atoms with Crippen molar-refractivity contribution in [3.05, 3.63) is 16.4 Å². The summed E-state index contributed by atoms with van der Waals surface area (Å²) in [6, 6.07) is 0. The molecule has 0 aliphatic rings. The highest BCUT2D eigenvalue weighted by molar-refractivity contribution is 9.10. The van der Waals surface area contributed by atoms with Gasteiger partial charge in [0.2, 0.25) is 0 Å². The van der Waals surface area contributed by atoms with E-state index in [1.165, 1.54) is 6.20 Å². The molecule has 15 heavy (non-hydrogen) atoms. The van der Waals surface area contributed by atoms with Gasteiger partial charge in [-0.25, -0.2) is 0 Å². The van der Waals surface area contributed by atoms with Crippen molar-refractivity contribution < 1.29 is 18.0 Å². The van der Waals surface area contributed by atoms with E-state index in [0.29, 0.717) is 6.42 Å². The molecule has 84 valence electrons. The van der Waals surface area contributed by atoms with Gasteiger partial charge in [0.1, 0.15) is 5.69 Å². The molecule has 1 aromatic heterocycles. The van der Waals surface area contributed by atoms with Crippen LogP contribution < -0.4 is 0 Å². The molecule has 1 rings (SSSR count).